The number of azide groups is 3. The molecule has 98 valence electrons. The van der Waals surface area contributed by atoms with Crippen LogP contribution in [0.1, 0.15) is 0 Å². The topological polar surface area (TPSA) is 182 Å². The van der Waals surface area contributed by atoms with Crippen LogP contribution in [0.25, 0.3) is 31.3 Å². The monoisotopic (exact) mass is 264 g/mol. The maximum Gasteiger partial charge on any atom is 0.353 e. The van der Waals surface area contributed by atoms with Gasteiger partial charge in [-0.1, -0.05) is 0 Å². The molecule has 1 rings (SSSR count). The molecular weight excluding hydrogens is 256 g/mol. The van der Waals surface area contributed by atoms with E-state index in [2.05, 4.69) is 30.2 Å². The fraction of sp³-hybridized carbons (Fsp3) is 0.500. The normalized spacial score (nSPS) is 17.3. The van der Waals surface area contributed by atoms with Crippen LogP contribution in [0.15, 0.2) is 27.1 Å². The van der Waals surface area contributed by atoms with Gasteiger partial charge in [-0.05, 0) is 26.5 Å². The van der Waals surface area contributed by atoms with Crippen LogP contribution >= 0.6 is 0 Å². The van der Waals surface area contributed by atoms with Crippen LogP contribution in [0.3, 0.4) is 0 Å². The van der Waals surface area contributed by atoms with Crippen LogP contribution in [0.2, 0.25) is 0 Å². The first-order chi connectivity index (χ1) is 9.08. The van der Waals surface area contributed by atoms with Crippen LogP contribution in [-0.4, -0.2) is 36.0 Å². The molecule has 13 heteroatoms. The second kappa shape index (κ2) is 5.89. The molecule has 0 aliphatic carbocycles. The zero-order chi connectivity index (χ0) is 14.4. The summed E-state index contributed by atoms with van der Waals surface area (Å²) in [7, 11) is 2.92. The Morgan fingerprint density at radius 2 is 1.58 bits per heavy atom. The van der Waals surface area contributed by atoms with E-state index >= 15 is 0 Å². The summed E-state index contributed by atoms with van der Waals surface area (Å²) in [4.78, 5) is 21.9. The molecule has 0 radical (unpaired) electrons. The highest BCUT2D eigenvalue weighted by Crippen LogP contribution is 2.28. The summed E-state index contributed by atoms with van der Waals surface area (Å²) in [6.45, 7) is 0. The van der Waals surface area contributed by atoms with Crippen LogP contribution in [0.4, 0.5) is 0 Å². The Kier molecular flexibility index (Phi) is 4.28. The zero-order valence-electron chi connectivity index (χ0n) is 9.90. The summed E-state index contributed by atoms with van der Waals surface area (Å²) in [6.07, 6.45) is -0.966. The lowest BCUT2D eigenvalue weighted by Gasteiger charge is -2.24. The van der Waals surface area contributed by atoms with Gasteiger partial charge in [0.05, 0.1) is 0 Å². The van der Waals surface area contributed by atoms with Gasteiger partial charge in [-0.2, -0.15) is 10.3 Å². The minimum absolute atomic E-state index is 0.0103. The summed E-state index contributed by atoms with van der Waals surface area (Å²) in [6, 6.07) is 0. The van der Waals surface area contributed by atoms with Gasteiger partial charge in [0.25, 0.3) is 0 Å². The minimum Gasteiger partial charge on any atom is -0.341 e. The molecule has 0 saturated carbocycles. The highest BCUT2D eigenvalue weighted by molar-refractivity contribution is 5.82. The summed E-state index contributed by atoms with van der Waals surface area (Å²) < 4.78 is 0. The third-order valence-corrected chi connectivity index (χ3v) is 2.32. The van der Waals surface area contributed by atoms with E-state index < -0.39 is 12.1 Å². The fourth-order valence-electron chi connectivity index (χ4n) is 1.60. The van der Waals surface area contributed by atoms with Gasteiger partial charge in [0.15, 0.2) is 0 Å². The maximum absolute atomic E-state index is 11.8. The predicted octanol–water partition coefficient (Wildman–Crippen LogP) is 1.28. The molecule has 1 aliphatic heterocycles. The smallest absolute Gasteiger partial charge is 0.341 e. The Labute approximate surface area is 105 Å². The molecule has 1 heterocycles. The number of nitrogens with zero attached hydrogens (tertiary/aromatic N) is 11. The Bertz CT molecular complexity index is 525. The second-order valence-corrected chi connectivity index (χ2v) is 3.29. The van der Waals surface area contributed by atoms with E-state index in [9.17, 15) is 4.79 Å². The molecule has 0 saturated heterocycles. The van der Waals surface area contributed by atoms with Gasteiger partial charge in [0, 0.05) is 23.9 Å². The first-order valence-electron chi connectivity index (χ1n) is 4.72. The van der Waals surface area contributed by atoms with Crippen molar-refractivity contribution < 1.29 is 4.79 Å². The summed E-state index contributed by atoms with van der Waals surface area (Å²) in [5.41, 5.74) is 27.0. The lowest BCUT2D eigenvalue weighted by atomic mass is 10.4. The summed E-state index contributed by atoms with van der Waals surface area (Å²) >= 11 is 0. The molecule has 0 aromatic heterocycles. The van der Waals surface area contributed by atoms with Crippen molar-refractivity contribution in [1.82, 2.24) is 15.2 Å². The van der Waals surface area contributed by atoms with Crippen LogP contribution in [-0.2, 0) is 4.79 Å². The molecule has 1 N–H and O–H groups in total. The summed E-state index contributed by atoms with van der Waals surface area (Å²) in [5.74, 6) is -0.690. The number of carbonyl (C=O) groups excluding carboxylic acids is 1. The molecule has 0 aromatic carbocycles. The predicted molar refractivity (Wildman–Crippen MR) is 61.9 cm³/mol. The lowest BCUT2D eigenvalue weighted by Crippen LogP contribution is -2.47. The van der Waals surface area contributed by atoms with Crippen molar-refractivity contribution in [1.29, 1.82) is 0 Å². The quantitative estimate of drug-likeness (QED) is 0.347. The summed E-state index contributed by atoms with van der Waals surface area (Å²) in [5, 5.41) is 9.66. The molecule has 0 aromatic rings. The first-order valence-corrected chi connectivity index (χ1v) is 4.72. The molecule has 19 heavy (non-hydrogen) atoms. The van der Waals surface area contributed by atoms with Gasteiger partial charge in [0.2, 0.25) is 6.17 Å². The lowest BCUT2D eigenvalue weighted by molar-refractivity contribution is -0.128. The van der Waals surface area contributed by atoms with Crippen molar-refractivity contribution in [2.24, 2.45) is 15.5 Å². The maximum atomic E-state index is 11.8. The van der Waals surface area contributed by atoms with E-state index in [4.69, 9.17) is 16.6 Å². The van der Waals surface area contributed by atoms with E-state index in [1.165, 1.54) is 23.9 Å². The fourth-order valence-corrected chi connectivity index (χ4v) is 1.60. The molecule has 0 spiro atoms. The molecule has 13 nitrogen and oxygen atoms in total. The third kappa shape index (κ3) is 2.53. The van der Waals surface area contributed by atoms with Crippen molar-refractivity contribution in [2.75, 3.05) is 14.1 Å². The Morgan fingerprint density at radius 3 is 1.95 bits per heavy atom. The number of hydrogen-bond donors (Lipinski definition) is 1. The highest BCUT2D eigenvalue weighted by Gasteiger charge is 2.39. The van der Waals surface area contributed by atoms with E-state index in [-0.39, 0.29) is 11.6 Å². The first kappa shape index (κ1) is 13.8. The number of nitrogens with one attached hydrogen (secondary N) is 1. The molecule has 0 atom stereocenters. The van der Waals surface area contributed by atoms with Gasteiger partial charge >= 0.3 is 5.91 Å². The largest absolute Gasteiger partial charge is 0.353 e. The van der Waals surface area contributed by atoms with E-state index in [1.54, 1.807) is 0 Å². The van der Waals surface area contributed by atoms with E-state index in [1.807, 2.05) is 5.43 Å². The number of hydrogen-bond acceptors (Lipinski definition) is 6. The molecular formula is C6H8N12O. The molecule has 0 bridgehead atoms. The standard InChI is InChI=1S/C6H8N12O/c1-17-3(10-13-7)4(11-14-8)18(2)6(17)5(19)12-16-15-9/h6H,1-2H3,(H,12,19). The Balaban J connectivity index is 3.17. The Morgan fingerprint density at radius 1 is 1.11 bits per heavy atom. The molecule has 1 amide bonds. The SMILES string of the molecule is CN1C(N=[N+]=[N-])=C(N=[N+]=[N-])N(C)C1C(=O)NN=[N+]=[N-]. The number of carbonyl (C=O) groups is 1. The highest BCUT2D eigenvalue weighted by atomic mass is 16.2. The van der Waals surface area contributed by atoms with Crippen molar-refractivity contribution >= 4 is 5.91 Å². The van der Waals surface area contributed by atoms with Gasteiger partial charge in [-0.3, -0.25) is 0 Å². The second-order valence-electron chi connectivity index (χ2n) is 3.29. The van der Waals surface area contributed by atoms with Crippen molar-refractivity contribution in [3.05, 3.63) is 43.0 Å². The van der Waals surface area contributed by atoms with Crippen molar-refractivity contribution in [3.8, 4) is 0 Å². The van der Waals surface area contributed by atoms with Gasteiger partial charge in [-0.15, -0.1) is 5.53 Å². The third-order valence-electron chi connectivity index (χ3n) is 2.32. The van der Waals surface area contributed by atoms with Crippen molar-refractivity contribution in [2.45, 2.75) is 6.17 Å². The van der Waals surface area contributed by atoms with Crippen LogP contribution < -0.4 is 5.43 Å². The Hall–Kier alpha value is -3.26. The van der Waals surface area contributed by atoms with Crippen molar-refractivity contribution in [3.63, 3.8) is 0 Å². The molecule has 0 fully saturated rings. The van der Waals surface area contributed by atoms with E-state index in [0.29, 0.717) is 0 Å². The zero-order valence-corrected chi connectivity index (χ0v) is 9.90. The minimum atomic E-state index is -0.966. The molecule has 0 unspecified atom stereocenters. The number of likely N-dealkylation sites (N-methyl/N-ethyl adjacent to an activating group) is 2. The van der Waals surface area contributed by atoms with Crippen LogP contribution in [0.5, 0.6) is 0 Å². The van der Waals surface area contributed by atoms with Crippen LogP contribution in [0, 0.1) is 0 Å². The number of amides is 1. The van der Waals surface area contributed by atoms with Gasteiger partial charge in [-0.25, -0.2) is 4.79 Å². The number of rotatable bonds is 4. The average Bonchev–Trinajstić information content (AvgIpc) is 2.61. The molecule has 1 aliphatic rings. The average molecular weight is 264 g/mol. The van der Waals surface area contributed by atoms with Gasteiger partial charge in [0.1, 0.15) is 11.6 Å². The van der Waals surface area contributed by atoms with Gasteiger partial charge < -0.3 is 9.80 Å². The van der Waals surface area contributed by atoms with E-state index in [0.717, 1.165) is 0 Å².